The second kappa shape index (κ2) is 11.2. The molecule has 0 aliphatic carbocycles. The molecule has 0 radical (unpaired) electrons. The van der Waals surface area contributed by atoms with Crippen LogP contribution in [0.4, 0.5) is 0 Å². The number of aliphatic hydroxyl groups is 1. The van der Waals surface area contributed by atoms with E-state index in [1.807, 2.05) is 35.3 Å². The number of β-amino-alcohol motifs (C(OH)–C–C–N with tert-alkyl or cyclic N) is 1. The van der Waals surface area contributed by atoms with Crippen LogP contribution >= 0.6 is 0 Å². The van der Waals surface area contributed by atoms with E-state index in [9.17, 15) is 5.11 Å². The second-order valence-electron chi connectivity index (χ2n) is 7.16. The van der Waals surface area contributed by atoms with E-state index in [1.54, 1.807) is 0 Å². The maximum absolute atomic E-state index is 10.3. The minimum Gasteiger partial charge on any atom is -0.491 e. The van der Waals surface area contributed by atoms with Crippen LogP contribution in [0.25, 0.3) is 0 Å². The van der Waals surface area contributed by atoms with Gasteiger partial charge in [0, 0.05) is 45.1 Å². The zero-order valence-corrected chi connectivity index (χ0v) is 16.7. The fraction of sp³-hybridized carbons (Fsp3) is 0.571. The molecule has 0 saturated carbocycles. The molecule has 0 amide bonds. The Hall–Kier alpha value is -1.93. The molecule has 0 bridgehead atoms. The summed E-state index contributed by atoms with van der Waals surface area (Å²) in [5.41, 5.74) is 1.21. The molecule has 1 unspecified atom stereocenters. The molecule has 2 heterocycles. The highest BCUT2D eigenvalue weighted by Gasteiger charge is 2.15. The Morgan fingerprint density at radius 1 is 1.29 bits per heavy atom. The Balaban J connectivity index is 1.44. The van der Waals surface area contributed by atoms with Crippen LogP contribution in [0.1, 0.15) is 12.5 Å². The molecule has 3 rings (SSSR count). The number of hydrogen-bond acceptors (Lipinski definition) is 6. The van der Waals surface area contributed by atoms with Crippen LogP contribution in [0.3, 0.4) is 0 Å². The summed E-state index contributed by atoms with van der Waals surface area (Å²) in [5.74, 6) is 0.807. The van der Waals surface area contributed by atoms with E-state index in [0.29, 0.717) is 13.2 Å². The predicted molar refractivity (Wildman–Crippen MR) is 108 cm³/mol. The molecule has 1 aliphatic heterocycles. The number of nitrogens with zero attached hydrogens (tertiary/aromatic N) is 4. The van der Waals surface area contributed by atoms with Crippen molar-refractivity contribution in [3.8, 4) is 5.75 Å². The minimum absolute atomic E-state index is 0.303. The van der Waals surface area contributed by atoms with E-state index in [-0.39, 0.29) is 0 Å². The van der Waals surface area contributed by atoms with Gasteiger partial charge in [0.15, 0.2) is 0 Å². The third-order valence-electron chi connectivity index (χ3n) is 4.97. The van der Waals surface area contributed by atoms with Gasteiger partial charge in [-0.05, 0) is 30.3 Å². The number of aromatic nitrogens is 2. The summed E-state index contributed by atoms with van der Waals surface area (Å²) in [6.45, 7) is 10.00. The van der Waals surface area contributed by atoms with Crippen LogP contribution < -0.4 is 4.74 Å². The number of ether oxygens (including phenoxy) is 2. The van der Waals surface area contributed by atoms with Crippen LogP contribution in [-0.4, -0.2) is 83.3 Å². The van der Waals surface area contributed by atoms with Gasteiger partial charge in [0.05, 0.1) is 19.8 Å². The fourth-order valence-corrected chi connectivity index (χ4v) is 3.34. The molecule has 1 atom stereocenters. The van der Waals surface area contributed by atoms with Crippen molar-refractivity contribution in [3.05, 3.63) is 48.3 Å². The molecule has 1 aromatic carbocycles. The van der Waals surface area contributed by atoms with Gasteiger partial charge in [0.2, 0.25) is 0 Å². The highest BCUT2D eigenvalue weighted by Crippen LogP contribution is 2.15. The molecule has 28 heavy (non-hydrogen) atoms. The summed E-state index contributed by atoms with van der Waals surface area (Å²) in [6, 6.07) is 10.1. The summed E-state index contributed by atoms with van der Waals surface area (Å²) >= 11 is 0. The molecule has 1 aromatic heterocycles. The van der Waals surface area contributed by atoms with E-state index in [4.69, 9.17) is 9.47 Å². The minimum atomic E-state index is -0.497. The zero-order chi connectivity index (χ0) is 19.6. The van der Waals surface area contributed by atoms with E-state index >= 15 is 0 Å². The maximum Gasteiger partial charge on any atom is 0.119 e. The predicted octanol–water partition coefficient (Wildman–Crippen LogP) is 1.48. The molecule has 154 valence electrons. The van der Waals surface area contributed by atoms with Gasteiger partial charge in [-0.2, -0.15) is 5.10 Å². The first-order valence-electron chi connectivity index (χ1n) is 10.1. The van der Waals surface area contributed by atoms with Gasteiger partial charge in [-0.25, -0.2) is 0 Å². The SMILES string of the molecule is CCN(CCn1cccn1)Cc1cccc(OCC(O)CN2CCOCC2)c1. The van der Waals surface area contributed by atoms with E-state index < -0.39 is 6.10 Å². The molecular weight excluding hydrogens is 356 g/mol. The van der Waals surface area contributed by atoms with Crippen molar-refractivity contribution < 1.29 is 14.6 Å². The average Bonchev–Trinajstić information content (AvgIpc) is 3.24. The molecule has 1 saturated heterocycles. The zero-order valence-electron chi connectivity index (χ0n) is 16.7. The largest absolute Gasteiger partial charge is 0.491 e. The lowest BCUT2D eigenvalue weighted by Crippen LogP contribution is -2.42. The van der Waals surface area contributed by atoms with Crippen LogP contribution in [0, 0.1) is 0 Å². The molecule has 1 N–H and O–H groups in total. The fourth-order valence-electron chi connectivity index (χ4n) is 3.34. The monoisotopic (exact) mass is 388 g/mol. The Morgan fingerprint density at radius 2 is 2.14 bits per heavy atom. The summed E-state index contributed by atoms with van der Waals surface area (Å²) in [7, 11) is 0. The molecule has 7 heteroatoms. The van der Waals surface area contributed by atoms with Crippen LogP contribution in [0.15, 0.2) is 42.7 Å². The van der Waals surface area contributed by atoms with Crippen molar-refractivity contribution in [1.82, 2.24) is 19.6 Å². The smallest absolute Gasteiger partial charge is 0.119 e. The van der Waals surface area contributed by atoms with Crippen molar-refractivity contribution in [2.75, 3.05) is 52.5 Å². The molecule has 1 fully saturated rings. The number of morpholine rings is 1. The van der Waals surface area contributed by atoms with Crippen molar-refractivity contribution in [1.29, 1.82) is 0 Å². The number of hydrogen-bond donors (Lipinski definition) is 1. The Kier molecular flexibility index (Phi) is 8.29. The van der Waals surface area contributed by atoms with Crippen molar-refractivity contribution in [2.24, 2.45) is 0 Å². The van der Waals surface area contributed by atoms with Crippen molar-refractivity contribution in [3.63, 3.8) is 0 Å². The van der Waals surface area contributed by atoms with Gasteiger partial charge < -0.3 is 14.6 Å². The standard InChI is InChI=1S/C21H32N4O3/c1-2-23(9-10-25-8-4-7-22-25)16-19-5-3-6-21(15-19)28-18-20(26)17-24-11-13-27-14-12-24/h3-8,15,20,26H,2,9-14,16-18H2,1H3. The molecular formula is C21H32N4O3. The van der Waals surface area contributed by atoms with Gasteiger partial charge in [-0.15, -0.1) is 0 Å². The van der Waals surface area contributed by atoms with Crippen molar-refractivity contribution in [2.45, 2.75) is 26.1 Å². The van der Waals surface area contributed by atoms with Gasteiger partial charge in [-0.3, -0.25) is 14.5 Å². The molecule has 0 spiro atoms. The number of benzene rings is 1. The Bertz CT molecular complexity index is 674. The second-order valence-corrected chi connectivity index (χ2v) is 7.16. The summed E-state index contributed by atoms with van der Waals surface area (Å²) in [5, 5.41) is 14.5. The van der Waals surface area contributed by atoms with Gasteiger partial charge in [0.1, 0.15) is 18.5 Å². The summed E-state index contributed by atoms with van der Waals surface area (Å²) < 4.78 is 13.1. The number of aliphatic hydroxyl groups excluding tert-OH is 1. The Morgan fingerprint density at radius 3 is 2.89 bits per heavy atom. The lowest BCUT2D eigenvalue weighted by atomic mass is 10.2. The first-order chi connectivity index (χ1) is 13.7. The van der Waals surface area contributed by atoms with Gasteiger partial charge in [-0.1, -0.05) is 19.1 Å². The van der Waals surface area contributed by atoms with E-state index in [0.717, 1.165) is 58.2 Å². The first kappa shape index (κ1) is 20.8. The highest BCUT2D eigenvalue weighted by molar-refractivity contribution is 5.28. The summed E-state index contributed by atoms with van der Waals surface area (Å²) in [6.07, 6.45) is 3.30. The topological polar surface area (TPSA) is 63.0 Å². The van der Waals surface area contributed by atoms with Gasteiger partial charge in [0.25, 0.3) is 0 Å². The lowest BCUT2D eigenvalue weighted by Gasteiger charge is -2.28. The van der Waals surface area contributed by atoms with E-state index in [2.05, 4.69) is 34.0 Å². The van der Waals surface area contributed by atoms with Crippen molar-refractivity contribution >= 4 is 0 Å². The number of rotatable bonds is 11. The average molecular weight is 389 g/mol. The van der Waals surface area contributed by atoms with Gasteiger partial charge >= 0.3 is 0 Å². The molecule has 1 aliphatic rings. The number of likely N-dealkylation sites (N-methyl/N-ethyl adjacent to an activating group) is 1. The highest BCUT2D eigenvalue weighted by atomic mass is 16.5. The lowest BCUT2D eigenvalue weighted by molar-refractivity contribution is 0.00464. The molecule has 2 aromatic rings. The summed E-state index contributed by atoms with van der Waals surface area (Å²) in [4.78, 5) is 4.60. The van der Waals surface area contributed by atoms with Crippen LogP contribution in [-0.2, 0) is 17.8 Å². The quantitative estimate of drug-likeness (QED) is 0.629. The normalized spacial score (nSPS) is 16.4. The maximum atomic E-state index is 10.3. The van der Waals surface area contributed by atoms with Crippen LogP contribution in [0.2, 0.25) is 0 Å². The third kappa shape index (κ3) is 6.91. The first-order valence-corrected chi connectivity index (χ1v) is 10.1. The van der Waals surface area contributed by atoms with E-state index in [1.165, 1.54) is 5.56 Å². The Labute approximate surface area is 167 Å². The van der Waals surface area contributed by atoms with Crippen LogP contribution in [0.5, 0.6) is 5.75 Å². The molecule has 7 nitrogen and oxygen atoms in total. The third-order valence-corrected chi connectivity index (χ3v) is 4.97.